The van der Waals surface area contributed by atoms with Gasteiger partial charge in [-0.1, -0.05) is 13.0 Å². The molecule has 4 heteroatoms. The van der Waals surface area contributed by atoms with Crippen molar-refractivity contribution < 1.29 is 9.47 Å². The van der Waals surface area contributed by atoms with Crippen LogP contribution in [-0.4, -0.2) is 29.4 Å². The molecule has 0 saturated heterocycles. The predicted octanol–water partition coefficient (Wildman–Crippen LogP) is 0.701. The van der Waals surface area contributed by atoms with Crippen LogP contribution in [0.4, 0.5) is 0 Å². The molecule has 0 aromatic carbocycles. The van der Waals surface area contributed by atoms with Crippen molar-refractivity contribution in [2.24, 2.45) is 0 Å². The molecule has 1 aromatic heterocycles. The minimum Gasteiger partial charge on any atom is -0.348 e. The molecule has 0 N–H and O–H groups in total. The van der Waals surface area contributed by atoms with E-state index < -0.39 is 5.79 Å². The summed E-state index contributed by atoms with van der Waals surface area (Å²) in [6.45, 7) is 2.11. The van der Waals surface area contributed by atoms with Crippen molar-refractivity contribution in [3.63, 3.8) is 0 Å². The van der Waals surface area contributed by atoms with Gasteiger partial charge in [-0.3, -0.25) is 4.98 Å². The van der Waals surface area contributed by atoms with Crippen molar-refractivity contribution in [3.05, 3.63) is 30.1 Å². The Morgan fingerprint density at radius 1 is 1.36 bits per heavy atom. The summed E-state index contributed by atoms with van der Waals surface area (Å²) in [5.74, 6) is -0.673. The predicted molar refractivity (Wildman–Crippen MR) is 59.3 cm³/mol. The minimum absolute atomic E-state index is 0.340. The highest BCUT2D eigenvalue weighted by Gasteiger charge is 2.37. The number of ether oxygens (including phenoxy) is 2. The summed E-state index contributed by atoms with van der Waals surface area (Å²) in [7, 11) is 4.31. The number of aromatic nitrogens is 1. The third-order valence-corrected chi connectivity index (χ3v) is 3.15. The van der Waals surface area contributed by atoms with Gasteiger partial charge in [0, 0.05) is 36.2 Å². The van der Waals surface area contributed by atoms with Crippen molar-refractivity contribution in [1.29, 1.82) is 0 Å². The first kappa shape index (κ1) is 11.4. The maximum absolute atomic E-state index is 5.48. The molecule has 1 atom stereocenters. The number of nitrogens with zero attached hydrogens (tertiary/aromatic N) is 1. The Labute approximate surface area is 87.9 Å². The standard InChI is InChI=1S/C10H17NO2Si/c1-8(14)10(12-2,13-3)9-6-4-5-7-11-9/h4-8H,1-3,14H3. The van der Waals surface area contributed by atoms with Gasteiger partial charge in [0.25, 0.3) is 0 Å². The van der Waals surface area contributed by atoms with E-state index in [1.165, 1.54) is 0 Å². The van der Waals surface area contributed by atoms with Crippen LogP contribution in [0.5, 0.6) is 0 Å². The number of pyridine rings is 1. The van der Waals surface area contributed by atoms with Crippen LogP contribution in [0.2, 0.25) is 5.54 Å². The quantitative estimate of drug-likeness (QED) is 0.543. The molecule has 0 amide bonds. The zero-order valence-electron chi connectivity index (χ0n) is 9.15. The minimum atomic E-state index is -0.673. The largest absolute Gasteiger partial charge is 0.348 e. The fourth-order valence-electron chi connectivity index (χ4n) is 1.63. The summed E-state index contributed by atoms with van der Waals surface area (Å²) in [5, 5.41) is 0. The summed E-state index contributed by atoms with van der Waals surface area (Å²) in [6, 6.07) is 5.76. The van der Waals surface area contributed by atoms with Crippen molar-refractivity contribution in [3.8, 4) is 0 Å². The van der Waals surface area contributed by atoms with E-state index in [1.807, 2.05) is 18.2 Å². The molecular formula is C10H17NO2Si. The smallest absolute Gasteiger partial charge is 0.211 e. The Balaban J connectivity index is 3.11. The van der Waals surface area contributed by atoms with Crippen LogP contribution in [0.3, 0.4) is 0 Å². The van der Waals surface area contributed by atoms with Crippen LogP contribution >= 0.6 is 0 Å². The van der Waals surface area contributed by atoms with Gasteiger partial charge in [-0.15, -0.1) is 0 Å². The lowest BCUT2D eigenvalue weighted by molar-refractivity contribution is -0.219. The molecule has 78 valence electrons. The zero-order chi connectivity index (χ0) is 10.6. The van der Waals surface area contributed by atoms with Gasteiger partial charge in [0.05, 0.1) is 5.69 Å². The molecule has 3 nitrogen and oxygen atoms in total. The molecule has 1 aromatic rings. The van der Waals surface area contributed by atoms with Crippen LogP contribution in [0, 0.1) is 0 Å². The first-order valence-corrected chi connectivity index (χ1v) is 5.84. The van der Waals surface area contributed by atoms with E-state index in [-0.39, 0.29) is 0 Å². The molecule has 0 radical (unpaired) electrons. The van der Waals surface area contributed by atoms with E-state index in [0.29, 0.717) is 5.54 Å². The van der Waals surface area contributed by atoms with Crippen molar-refractivity contribution in [1.82, 2.24) is 4.98 Å². The third-order valence-electron chi connectivity index (χ3n) is 2.39. The van der Waals surface area contributed by atoms with Gasteiger partial charge in [-0.05, 0) is 12.1 Å². The summed E-state index contributed by atoms with van der Waals surface area (Å²) in [4.78, 5) is 4.29. The first-order valence-electron chi connectivity index (χ1n) is 4.69. The highest BCUT2D eigenvalue weighted by molar-refractivity contribution is 6.12. The van der Waals surface area contributed by atoms with E-state index in [1.54, 1.807) is 20.4 Å². The fraction of sp³-hybridized carbons (Fsp3) is 0.500. The average molecular weight is 211 g/mol. The van der Waals surface area contributed by atoms with Gasteiger partial charge in [0.1, 0.15) is 0 Å². The SMILES string of the molecule is COC(OC)(c1ccccn1)C(C)[SiH3]. The van der Waals surface area contributed by atoms with E-state index in [9.17, 15) is 0 Å². The second-order valence-electron chi connectivity index (χ2n) is 3.45. The Morgan fingerprint density at radius 2 is 2.00 bits per heavy atom. The summed E-state index contributed by atoms with van der Waals surface area (Å²) in [6.07, 6.45) is 1.76. The van der Waals surface area contributed by atoms with Crippen LogP contribution in [-0.2, 0) is 15.3 Å². The maximum Gasteiger partial charge on any atom is 0.211 e. The highest BCUT2D eigenvalue weighted by atomic mass is 28.1. The van der Waals surface area contributed by atoms with Gasteiger partial charge >= 0.3 is 0 Å². The molecule has 0 spiro atoms. The molecular weight excluding hydrogens is 194 g/mol. The third kappa shape index (κ3) is 1.87. The van der Waals surface area contributed by atoms with Gasteiger partial charge in [0.2, 0.25) is 5.79 Å². The van der Waals surface area contributed by atoms with Gasteiger partial charge in [-0.2, -0.15) is 0 Å². The van der Waals surface area contributed by atoms with Crippen LogP contribution in [0.1, 0.15) is 12.6 Å². The van der Waals surface area contributed by atoms with E-state index in [0.717, 1.165) is 15.9 Å². The molecule has 0 bridgehead atoms. The number of hydrogen-bond donors (Lipinski definition) is 0. The Hall–Kier alpha value is -0.713. The lowest BCUT2D eigenvalue weighted by atomic mass is 10.1. The van der Waals surface area contributed by atoms with Crippen LogP contribution < -0.4 is 0 Å². The second-order valence-corrected chi connectivity index (χ2v) is 5.18. The monoisotopic (exact) mass is 211 g/mol. The Kier molecular flexibility index (Phi) is 3.80. The Morgan fingerprint density at radius 3 is 2.36 bits per heavy atom. The summed E-state index contributed by atoms with van der Waals surface area (Å²) in [5.41, 5.74) is 1.18. The van der Waals surface area contributed by atoms with Gasteiger partial charge < -0.3 is 9.47 Å². The number of rotatable bonds is 4. The Bertz CT molecular complexity index is 273. The van der Waals surface area contributed by atoms with Gasteiger partial charge in [0.15, 0.2) is 0 Å². The second kappa shape index (κ2) is 4.68. The summed E-state index contributed by atoms with van der Waals surface area (Å²) < 4.78 is 11.0. The number of hydrogen-bond acceptors (Lipinski definition) is 3. The van der Waals surface area contributed by atoms with E-state index in [4.69, 9.17) is 9.47 Å². The topological polar surface area (TPSA) is 31.4 Å². The zero-order valence-corrected chi connectivity index (χ0v) is 11.2. The molecule has 0 aliphatic carbocycles. The highest BCUT2D eigenvalue weighted by Crippen LogP contribution is 2.34. The molecule has 1 unspecified atom stereocenters. The average Bonchev–Trinajstić information content (AvgIpc) is 2.22. The first-order chi connectivity index (χ1) is 6.67. The summed E-state index contributed by atoms with van der Waals surface area (Å²) >= 11 is 0. The van der Waals surface area contributed by atoms with Gasteiger partial charge in [-0.25, -0.2) is 0 Å². The molecule has 0 fully saturated rings. The molecule has 0 aliphatic heterocycles. The van der Waals surface area contributed by atoms with Crippen LogP contribution in [0.15, 0.2) is 24.4 Å². The molecule has 0 saturated carbocycles. The molecule has 1 heterocycles. The van der Waals surface area contributed by atoms with E-state index >= 15 is 0 Å². The van der Waals surface area contributed by atoms with Crippen molar-refractivity contribution >= 4 is 10.2 Å². The lowest BCUT2D eigenvalue weighted by Gasteiger charge is -2.33. The fourth-order valence-corrected chi connectivity index (χ4v) is 2.40. The lowest BCUT2D eigenvalue weighted by Crippen LogP contribution is -2.35. The van der Waals surface area contributed by atoms with Crippen LogP contribution in [0.25, 0.3) is 0 Å². The van der Waals surface area contributed by atoms with Crippen molar-refractivity contribution in [2.45, 2.75) is 18.3 Å². The number of methoxy groups -OCH3 is 2. The molecule has 14 heavy (non-hydrogen) atoms. The molecule has 0 aliphatic rings. The van der Waals surface area contributed by atoms with Crippen molar-refractivity contribution in [2.75, 3.05) is 14.2 Å². The maximum atomic E-state index is 5.48. The molecule has 1 rings (SSSR count). The normalized spacial score (nSPS) is 14.2. The van der Waals surface area contributed by atoms with E-state index in [2.05, 4.69) is 11.9 Å².